The minimum absolute atomic E-state index is 0.0245. The van der Waals surface area contributed by atoms with Crippen LogP contribution in [0.4, 0.5) is 0 Å². The van der Waals surface area contributed by atoms with Gasteiger partial charge < -0.3 is 5.32 Å². The lowest BCUT2D eigenvalue weighted by atomic mass is 9.86. The molecule has 1 rings (SSSR count). The first-order valence-corrected chi connectivity index (χ1v) is 6.76. The zero-order chi connectivity index (χ0) is 13.8. The lowest BCUT2D eigenvalue weighted by Crippen LogP contribution is -2.32. The van der Waals surface area contributed by atoms with Gasteiger partial charge in [0.2, 0.25) is 0 Å². The Labute approximate surface area is 111 Å². The Morgan fingerprint density at radius 2 is 1.78 bits per heavy atom. The van der Waals surface area contributed by atoms with E-state index in [0.717, 1.165) is 18.4 Å². The van der Waals surface area contributed by atoms with Gasteiger partial charge in [0, 0.05) is 11.6 Å². The van der Waals surface area contributed by atoms with E-state index < -0.39 is 0 Å². The van der Waals surface area contributed by atoms with Crippen molar-refractivity contribution in [2.45, 2.75) is 58.9 Å². The molecule has 1 atom stereocenters. The Morgan fingerprint density at radius 3 is 2.22 bits per heavy atom. The molecule has 0 saturated carbocycles. The summed E-state index contributed by atoms with van der Waals surface area (Å²) in [6.07, 6.45) is 2.11. The van der Waals surface area contributed by atoms with E-state index in [1.165, 1.54) is 5.56 Å². The fourth-order valence-electron chi connectivity index (χ4n) is 1.93. The number of carbonyl (C=O) groups is 1. The monoisotopic (exact) mass is 247 g/mol. The zero-order valence-corrected chi connectivity index (χ0v) is 12.2. The van der Waals surface area contributed by atoms with Crippen LogP contribution in [0.15, 0.2) is 24.3 Å². The van der Waals surface area contributed by atoms with Gasteiger partial charge >= 0.3 is 0 Å². The number of amides is 1. The molecule has 2 heteroatoms. The zero-order valence-electron chi connectivity index (χ0n) is 12.2. The van der Waals surface area contributed by atoms with Gasteiger partial charge in [-0.2, -0.15) is 0 Å². The highest BCUT2D eigenvalue weighted by Crippen LogP contribution is 2.22. The molecule has 100 valence electrons. The highest BCUT2D eigenvalue weighted by molar-refractivity contribution is 5.94. The average Bonchev–Trinajstić information content (AvgIpc) is 2.28. The van der Waals surface area contributed by atoms with Crippen LogP contribution in [0.5, 0.6) is 0 Å². The Morgan fingerprint density at radius 1 is 1.22 bits per heavy atom. The fraction of sp³-hybridized carbons (Fsp3) is 0.562. The number of benzene rings is 1. The van der Waals surface area contributed by atoms with Crippen molar-refractivity contribution in [2.75, 3.05) is 0 Å². The first-order chi connectivity index (χ1) is 8.34. The molecule has 0 bridgehead atoms. The van der Waals surface area contributed by atoms with Crippen LogP contribution in [-0.2, 0) is 5.41 Å². The summed E-state index contributed by atoms with van der Waals surface area (Å²) in [4.78, 5) is 12.0. The van der Waals surface area contributed by atoms with E-state index in [-0.39, 0.29) is 17.4 Å². The SMILES string of the molecule is CCC[C@@H](C)NC(=O)c1ccc(C(C)(C)C)cc1. The smallest absolute Gasteiger partial charge is 0.251 e. The lowest BCUT2D eigenvalue weighted by Gasteiger charge is -2.19. The minimum atomic E-state index is 0.0245. The number of carbonyl (C=O) groups excluding carboxylic acids is 1. The van der Waals surface area contributed by atoms with E-state index in [1.807, 2.05) is 31.2 Å². The lowest BCUT2D eigenvalue weighted by molar-refractivity contribution is 0.0938. The highest BCUT2D eigenvalue weighted by Gasteiger charge is 2.14. The molecule has 0 saturated heterocycles. The highest BCUT2D eigenvalue weighted by atomic mass is 16.1. The average molecular weight is 247 g/mol. The Bertz CT molecular complexity index is 387. The second-order valence-electron chi connectivity index (χ2n) is 5.99. The Hall–Kier alpha value is -1.31. The van der Waals surface area contributed by atoms with Crippen LogP contribution >= 0.6 is 0 Å². The van der Waals surface area contributed by atoms with Crippen LogP contribution in [0.3, 0.4) is 0 Å². The number of hydrogen-bond donors (Lipinski definition) is 1. The molecule has 0 aliphatic carbocycles. The van der Waals surface area contributed by atoms with Gasteiger partial charge in [0.1, 0.15) is 0 Å². The maximum atomic E-state index is 12.0. The van der Waals surface area contributed by atoms with Gasteiger partial charge in [0.25, 0.3) is 5.91 Å². The number of rotatable bonds is 4. The molecule has 0 unspecified atom stereocenters. The summed E-state index contributed by atoms with van der Waals surface area (Å²) < 4.78 is 0. The molecule has 1 amide bonds. The summed E-state index contributed by atoms with van der Waals surface area (Å²) in [6, 6.07) is 8.15. The van der Waals surface area contributed by atoms with Crippen molar-refractivity contribution >= 4 is 5.91 Å². The number of nitrogens with one attached hydrogen (secondary N) is 1. The Kier molecular flexibility index (Phi) is 4.94. The van der Waals surface area contributed by atoms with Gasteiger partial charge in [-0.3, -0.25) is 4.79 Å². The second-order valence-corrected chi connectivity index (χ2v) is 5.99. The topological polar surface area (TPSA) is 29.1 Å². The number of hydrogen-bond acceptors (Lipinski definition) is 1. The van der Waals surface area contributed by atoms with Crippen LogP contribution in [0.25, 0.3) is 0 Å². The molecule has 0 fully saturated rings. The van der Waals surface area contributed by atoms with Crippen molar-refractivity contribution in [3.8, 4) is 0 Å². The van der Waals surface area contributed by atoms with Crippen molar-refractivity contribution in [2.24, 2.45) is 0 Å². The van der Waals surface area contributed by atoms with E-state index >= 15 is 0 Å². The van der Waals surface area contributed by atoms with E-state index in [9.17, 15) is 4.79 Å². The third-order valence-corrected chi connectivity index (χ3v) is 3.11. The maximum Gasteiger partial charge on any atom is 0.251 e. The summed E-state index contributed by atoms with van der Waals surface area (Å²) in [7, 11) is 0. The van der Waals surface area contributed by atoms with Gasteiger partial charge in [-0.1, -0.05) is 46.2 Å². The van der Waals surface area contributed by atoms with Crippen molar-refractivity contribution in [1.82, 2.24) is 5.32 Å². The summed E-state index contributed by atoms with van der Waals surface area (Å²) in [5.41, 5.74) is 2.12. The first kappa shape index (κ1) is 14.7. The molecule has 0 aliphatic heterocycles. The standard InChI is InChI=1S/C16H25NO/c1-6-7-12(2)17-15(18)13-8-10-14(11-9-13)16(3,4)5/h8-12H,6-7H2,1-5H3,(H,17,18)/t12-/m1/s1. The summed E-state index contributed by atoms with van der Waals surface area (Å²) in [5.74, 6) is 0.0245. The van der Waals surface area contributed by atoms with Crippen molar-refractivity contribution in [3.63, 3.8) is 0 Å². The van der Waals surface area contributed by atoms with Gasteiger partial charge in [-0.15, -0.1) is 0 Å². The van der Waals surface area contributed by atoms with Crippen molar-refractivity contribution in [3.05, 3.63) is 35.4 Å². The molecular formula is C16H25NO. The van der Waals surface area contributed by atoms with Crippen LogP contribution in [0.2, 0.25) is 0 Å². The summed E-state index contributed by atoms with van der Waals surface area (Å²) in [6.45, 7) is 10.7. The fourth-order valence-corrected chi connectivity index (χ4v) is 1.93. The molecule has 2 nitrogen and oxygen atoms in total. The van der Waals surface area contributed by atoms with Crippen LogP contribution in [-0.4, -0.2) is 11.9 Å². The quantitative estimate of drug-likeness (QED) is 0.859. The minimum Gasteiger partial charge on any atom is -0.350 e. The third kappa shape index (κ3) is 4.17. The largest absolute Gasteiger partial charge is 0.350 e. The summed E-state index contributed by atoms with van der Waals surface area (Å²) >= 11 is 0. The van der Waals surface area contributed by atoms with Gasteiger partial charge in [-0.05, 0) is 36.5 Å². The Balaban J connectivity index is 2.71. The van der Waals surface area contributed by atoms with Crippen LogP contribution in [0, 0.1) is 0 Å². The van der Waals surface area contributed by atoms with E-state index in [0.29, 0.717) is 0 Å². The molecule has 18 heavy (non-hydrogen) atoms. The van der Waals surface area contributed by atoms with E-state index in [1.54, 1.807) is 0 Å². The van der Waals surface area contributed by atoms with E-state index in [4.69, 9.17) is 0 Å². The van der Waals surface area contributed by atoms with Gasteiger partial charge in [-0.25, -0.2) is 0 Å². The predicted molar refractivity (Wildman–Crippen MR) is 77.0 cm³/mol. The molecule has 1 aromatic carbocycles. The van der Waals surface area contributed by atoms with Crippen LogP contribution in [0.1, 0.15) is 63.4 Å². The van der Waals surface area contributed by atoms with Crippen LogP contribution < -0.4 is 5.32 Å². The molecule has 0 aromatic heterocycles. The molecular weight excluding hydrogens is 222 g/mol. The van der Waals surface area contributed by atoms with E-state index in [2.05, 4.69) is 33.0 Å². The first-order valence-electron chi connectivity index (χ1n) is 6.76. The van der Waals surface area contributed by atoms with Crippen molar-refractivity contribution in [1.29, 1.82) is 0 Å². The molecule has 0 radical (unpaired) electrons. The third-order valence-electron chi connectivity index (χ3n) is 3.11. The molecule has 0 heterocycles. The van der Waals surface area contributed by atoms with Crippen molar-refractivity contribution < 1.29 is 4.79 Å². The predicted octanol–water partition coefficient (Wildman–Crippen LogP) is 3.90. The maximum absolute atomic E-state index is 12.0. The summed E-state index contributed by atoms with van der Waals surface area (Å²) in [5, 5.41) is 3.02. The molecule has 1 aromatic rings. The normalized spacial score (nSPS) is 13.2. The van der Waals surface area contributed by atoms with Gasteiger partial charge in [0.15, 0.2) is 0 Å². The molecule has 0 aliphatic rings. The molecule has 1 N–H and O–H groups in total. The second kappa shape index (κ2) is 6.03. The van der Waals surface area contributed by atoms with Gasteiger partial charge in [0.05, 0.1) is 0 Å². The molecule has 0 spiro atoms.